The van der Waals surface area contributed by atoms with Gasteiger partial charge < -0.3 is 0 Å². The first-order chi connectivity index (χ1) is 21.4. The van der Waals surface area contributed by atoms with Crippen molar-refractivity contribution in [2.24, 2.45) is 47.3 Å². The van der Waals surface area contributed by atoms with Crippen LogP contribution in [-0.2, 0) is 10.1 Å². The van der Waals surface area contributed by atoms with Gasteiger partial charge in [0.2, 0.25) is 0 Å². The summed E-state index contributed by atoms with van der Waals surface area (Å²) >= 11 is 0. The van der Waals surface area contributed by atoms with Gasteiger partial charge in [0.1, 0.15) is 0 Å². The van der Waals surface area contributed by atoms with Gasteiger partial charge in [-0.2, -0.15) is 8.42 Å². The molecule has 13 heteroatoms. The van der Waals surface area contributed by atoms with Gasteiger partial charge >= 0.3 is 25.8 Å². The van der Waals surface area contributed by atoms with Crippen LogP contribution in [0.3, 0.4) is 0 Å². The van der Waals surface area contributed by atoms with Gasteiger partial charge in [0.15, 0.2) is 0 Å². The predicted octanol–water partition coefficient (Wildman–Crippen LogP) is 0.288. The second-order valence-corrected chi connectivity index (χ2v) is 17.9. The second kappa shape index (κ2) is 13.0. The van der Waals surface area contributed by atoms with E-state index in [-0.39, 0.29) is 74.7 Å². The molecule has 8 bridgehead atoms. The molecule has 0 spiro atoms. The number of hydrogen-bond donors (Lipinski definition) is 9. The Labute approximate surface area is 288 Å². The SMILES string of the molecule is O=S(=O)(O)C1CCCC2C3NC4NC(NC5NC(NC6NC(NC(N3)C21)C1CCCCC61)C1CCCCC51)C1CCCCC41.[InH3]. The fourth-order valence-electron chi connectivity index (χ4n) is 12.3. The van der Waals surface area contributed by atoms with E-state index in [1.54, 1.807) is 0 Å². The molecule has 0 aromatic rings. The van der Waals surface area contributed by atoms with E-state index < -0.39 is 15.4 Å². The molecular weight excluding hydrogens is 691 g/mol. The summed E-state index contributed by atoms with van der Waals surface area (Å²) in [6, 6.07) is 0. The van der Waals surface area contributed by atoms with Gasteiger partial charge in [0, 0.05) is 5.92 Å². The van der Waals surface area contributed by atoms with Crippen LogP contribution in [0.5, 0.6) is 0 Å². The fraction of sp³-hybridized carbons (Fsp3) is 1.00. The molecule has 5 heterocycles. The van der Waals surface area contributed by atoms with E-state index >= 15 is 0 Å². The third-order valence-electron chi connectivity index (χ3n) is 14.2. The van der Waals surface area contributed by atoms with Crippen molar-refractivity contribution in [3.8, 4) is 0 Å². The van der Waals surface area contributed by atoms with Crippen molar-refractivity contribution in [2.45, 2.75) is 151 Å². The molecule has 4 aliphatic carbocycles. The van der Waals surface area contributed by atoms with E-state index in [2.05, 4.69) is 42.5 Å². The molecule has 45 heavy (non-hydrogen) atoms. The standard InChI is InChI=1S/C32H56N8O3S.In.3H/c41-44(42,43)23-15-7-14-22-24(23)32-39-30-21-13-6-5-12-20(21)28(37-30)35-26-17-9-2-1-8-16(17)25(33-26)34-27-18-10-3-4-11-19(18)29(36-27)38-31(22)40-32;;;;/h16-40H,1-15H2,(H,41,42,43);;;;. The summed E-state index contributed by atoms with van der Waals surface area (Å²) in [6.07, 6.45) is 18.9. The first kappa shape index (κ1) is 32.7. The number of hydrogen-bond acceptors (Lipinski definition) is 10. The molecule has 0 radical (unpaired) electrons. The summed E-state index contributed by atoms with van der Waals surface area (Å²) in [6.45, 7) is 0. The molecule has 17 atom stereocenters. The Balaban J connectivity index is 0.00000300. The summed E-state index contributed by atoms with van der Waals surface area (Å²) in [5.74, 6) is 3.50. The van der Waals surface area contributed by atoms with E-state index in [4.69, 9.17) is 0 Å². The molecule has 9 aliphatic rings. The van der Waals surface area contributed by atoms with Crippen LogP contribution >= 0.6 is 0 Å². The average Bonchev–Trinajstić information content (AvgIpc) is 3.76. The van der Waals surface area contributed by atoms with Gasteiger partial charge in [-0.15, -0.1) is 0 Å². The molecular formula is C32H59InN8O3S. The van der Waals surface area contributed by atoms with Gasteiger partial charge in [0.25, 0.3) is 10.1 Å². The Morgan fingerprint density at radius 2 is 0.644 bits per heavy atom. The minimum atomic E-state index is -4.16. The fourth-order valence-corrected chi connectivity index (χ4v) is 13.6. The molecule has 5 saturated heterocycles. The van der Waals surface area contributed by atoms with Crippen LogP contribution in [0.2, 0.25) is 0 Å². The molecule has 17 unspecified atom stereocenters. The van der Waals surface area contributed by atoms with Gasteiger partial charge in [0.05, 0.1) is 54.6 Å². The first-order valence-corrected chi connectivity index (χ1v) is 20.0. The van der Waals surface area contributed by atoms with Crippen LogP contribution < -0.4 is 42.5 Å². The van der Waals surface area contributed by atoms with Crippen molar-refractivity contribution < 1.29 is 13.0 Å². The van der Waals surface area contributed by atoms with E-state index in [0.717, 1.165) is 12.8 Å². The number of nitrogens with one attached hydrogen (secondary N) is 8. The van der Waals surface area contributed by atoms with E-state index in [1.807, 2.05) is 0 Å². The van der Waals surface area contributed by atoms with Gasteiger partial charge in [-0.1, -0.05) is 44.9 Å². The third-order valence-corrected chi connectivity index (χ3v) is 15.5. The van der Waals surface area contributed by atoms with Crippen molar-refractivity contribution in [2.75, 3.05) is 0 Å². The molecule has 0 amide bonds. The van der Waals surface area contributed by atoms with E-state index in [1.165, 1.54) is 77.0 Å². The van der Waals surface area contributed by atoms with E-state index in [0.29, 0.717) is 54.3 Å². The predicted molar refractivity (Wildman–Crippen MR) is 178 cm³/mol. The van der Waals surface area contributed by atoms with Gasteiger partial charge in [-0.3, -0.25) is 47.1 Å². The normalized spacial score (nSPS) is 54.3. The van der Waals surface area contributed by atoms with Gasteiger partial charge in [-0.05, 0) is 92.8 Å². The Morgan fingerprint density at radius 1 is 0.378 bits per heavy atom. The van der Waals surface area contributed by atoms with Crippen molar-refractivity contribution >= 4 is 36.0 Å². The van der Waals surface area contributed by atoms with Crippen LogP contribution in [0.4, 0.5) is 0 Å². The third kappa shape index (κ3) is 5.81. The Kier molecular flexibility index (Phi) is 9.41. The van der Waals surface area contributed by atoms with Crippen LogP contribution in [0.15, 0.2) is 0 Å². The average molecular weight is 751 g/mol. The summed E-state index contributed by atoms with van der Waals surface area (Å²) in [5, 5.41) is 31.8. The number of rotatable bonds is 1. The molecule has 0 aromatic heterocycles. The zero-order chi connectivity index (χ0) is 29.6. The van der Waals surface area contributed by atoms with Crippen LogP contribution in [-0.4, -0.2) is 93.4 Å². The molecule has 9 fully saturated rings. The molecule has 9 N–H and O–H groups in total. The molecule has 0 aromatic carbocycles. The summed E-state index contributed by atoms with van der Waals surface area (Å²) in [5.41, 5.74) is 0. The Hall–Kier alpha value is 0.460. The first-order valence-electron chi connectivity index (χ1n) is 18.5. The van der Waals surface area contributed by atoms with Crippen molar-refractivity contribution in [3.63, 3.8) is 0 Å². The molecule has 11 nitrogen and oxygen atoms in total. The van der Waals surface area contributed by atoms with Crippen LogP contribution in [0.25, 0.3) is 0 Å². The van der Waals surface area contributed by atoms with Gasteiger partial charge in [-0.25, -0.2) is 0 Å². The van der Waals surface area contributed by atoms with Crippen LogP contribution in [0, 0.1) is 47.3 Å². The Bertz CT molecular complexity index is 1180. The molecule has 4 saturated carbocycles. The summed E-state index contributed by atoms with van der Waals surface area (Å²) < 4.78 is 36.1. The molecule has 254 valence electrons. The number of fused-ring (bicyclic) bond motifs is 20. The monoisotopic (exact) mass is 750 g/mol. The van der Waals surface area contributed by atoms with Crippen LogP contribution in [0.1, 0.15) is 96.3 Å². The van der Waals surface area contributed by atoms with Crippen molar-refractivity contribution in [3.05, 3.63) is 0 Å². The topological polar surface area (TPSA) is 151 Å². The maximum atomic E-state index is 12.8. The zero-order valence-electron chi connectivity index (χ0n) is 26.1. The maximum absolute atomic E-state index is 12.8. The van der Waals surface area contributed by atoms with E-state index in [9.17, 15) is 13.0 Å². The molecule has 9 rings (SSSR count). The second-order valence-electron chi connectivity index (χ2n) is 16.2. The summed E-state index contributed by atoms with van der Waals surface area (Å²) in [7, 11) is -4.16. The molecule has 5 aliphatic heterocycles. The summed E-state index contributed by atoms with van der Waals surface area (Å²) in [4.78, 5) is 0. The van der Waals surface area contributed by atoms with Crippen molar-refractivity contribution in [1.29, 1.82) is 0 Å². The Morgan fingerprint density at radius 3 is 0.956 bits per heavy atom. The minimum absolute atomic E-state index is 0. The van der Waals surface area contributed by atoms with Crippen molar-refractivity contribution in [1.82, 2.24) is 42.5 Å². The quantitative estimate of drug-likeness (QED) is 0.170. The zero-order valence-corrected chi connectivity index (χ0v) is 26.9.